The molecule has 1 aliphatic heterocycles. The smallest absolute Gasteiger partial charge is 0.0578 e. The number of rotatable bonds is 5. The minimum absolute atomic E-state index is 0.653. The summed E-state index contributed by atoms with van der Waals surface area (Å²) in [6.07, 6.45) is 0. The molecule has 3 heteroatoms. The van der Waals surface area contributed by atoms with Crippen LogP contribution in [0, 0.1) is 5.92 Å². The van der Waals surface area contributed by atoms with Crippen molar-refractivity contribution in [1.82, 2.24) is 5.32 Å². The highest BCUT2D eigenvalue weighted by molar-refractivity contribution is 7.99. The van der Waals surface area contributed by atoms with E-state index >= 15 is 0 Å². The molecule has 66 valence electrons. The number of hydrogen-bond donors (Lipinski definition) is 1. The minimum atomic E-state index is 0.653. The lowest BCUT2D eigenvalue weighted by Crippen LogP contribution is -2.43. The van der Waals surface area contributed by atoms with Crippen molar-refractivity contribution in [3.05, 3.63) is 0 Å². The van der Waals surface area contributed by atoms with Gasteiger partial charge < -0.3 is 10.1 Å². The Hall–Kier alpha value is 0.270. The van der Waals surface area contributed by atoms with Crippen molar-refractivity contribution in [2.24, 2.45) is 5.92 Å². The molecular formula is C8H17NOS. The summed E-state index contributed by atoms with van der Waals surface area (Å²) in [6, 6.07) is 0. The van der Waals surface area contributed by atoms with Crippen LogP contribution in [-0.4, -0.2) is 37.8 Å². The van der Waals surface area contributed by atoms with Crippen LogP contribution in [0.3, 0.4) is 0 Å². The molecule has 1 aliphatic rings. The summed E-state index contributed by atoms with van der Waals surface area (Å²) in [5.74, 6) is 2.21. The van der Waals surface area contributed by atoms with Crippen LogP contribution in [0.1, 0.15) is 6.92 Å². The molecule has 2 nitrogen and oxygen atoms in total. The average Bonchev–Trinajstić information content (AvgIpc) is 1.85. The van der Waals surface area contributed by atoms with Crippen LogP contribution in [0.4, 0.5) is 0 Å². The lowest BCUT2D eigenvalue weighted by molar-refractivity contribution is 0.203. The Balaban J connectivity index is 1.92. The fourth-order valence-corrected chi connectivity index (χ4v) is 2.12. The van der Waals surface area contributed by atoms with Gasteiger partial charge in [0, 0.05) is 12.4 Å². The Kier molecular flexibility index (Phi) is 4.26. The summed E-state index contributed by atoms with van der Waals surface area (Å²) in [7, 11) is 1.77. The summed E-state index contributed by atoms with van der Waals surface area (Å²) >= 11 is 2.02. The van der Waals surface area contributed by atoms with Crippen molar-refractivity contribution >= 4 is 11.8 Å². The van der Waals surface area contributed by atoms with Crippen molar-refractivity contribution in [2.45, 2.75) is 12.2 Å². The number of methoxy groups -OCH3 is 1. The maximum Gasteiger partial charge on any atom is 0.0578 e. The highest BCUT2D eigenvalue weighted by atomic mass is 32.2. The van der Waals surface area contributed by atoms with Crippen LogP contribution in [-0.2, 0) is 4.74 Å². The van der Waals surface area contributed by atoms with E-state index in [0.29, 0.717) is 5.25 Å². The van der Waals surface area contributed by atoms with Gasteiger partial charge in [-0.3, -0.25) is 0 Å². The van der Waals surface area contributed by atoms with Crippen LogP contribution in [0.25, 0.3) is 0 Å². The van der Waals surface area contributed by atoms with Crippen molar-refractivity contribution in [2.75, 3.05) is 32.6 Å². The molecule has 1 N–H and O–H groups in total. The zero-order valence-electron chi connectivity index (χ0n) is 7.30. The Labute approximate surface area is 73.1 Å². The van der Waals surface area contributed by atoms with Gasteiger partial charge in [-0.05, 0) is 24.8 Å². The highest BCUT2D eigenvalue weighted by Gasteiger charge is 2.17. The third-order valence-corrected chi connectivity index (χ3v) is 3.25. The van der Waals surface area contributed by atoms with E-state index < -0.39 is 0 Å². The van der Waals surface area contributed by atoms with Crippen LogP contribution in [0.5, 0.6) is 0 Å². The molecular weight excluding hydrogens is 158 g/mol. The zero-order chi connectivity index (χ0) is 8.10. The van der Waals surface area contributed by atoms with E-state index in [-0.39, 0.29) is 0 Å². The molecule has 0 aromatic heterocycles. The van der Waals surface area contributed by atoms with E-state index in [1.165, 1.54) is 18.8 Å². The quantitative estimate of drug-likeness (QED) is 0.673. The summed E-state index contributed by atoms with van der Waals surface area (Å²) in [4.78, 5) is 0. The van der Waals surface area contributed by atoms with Gasteiger partial charge in [0.25, 0.3) is 0 Å². The molecule has 1 unspecified atom stereocenters. The van der Waals surface area contributed by atoms with Gasteiger partial charge in [0.1, 0.15) is 0 Å². The first-order chi connectivity index (χ1) is 5.33. The lowest BCUT2D eigenvalue weighted by Gasteiger charge is -2.27. The van der Waals surface area contributed by atoms with E-state index in [1.54, 1.807) is 7.11 Å². The minimum Gasteiger partial charge on any atom is -0.384 e. The summed E-state index contributed by atoms with van der Waals surface area (Å²) < 4.78 is 5.05. The molecule has 0 aromatic carbocycles. The molecule has 0 saturated carbocycles. The fourth-order valence-electron chi connectivity index (χ4n) is 1.05. The largest absolute Gasteiger partial charge is 0.384 e. The molecule has 11 heavy (non-hydrogen) atoms. The van der Waals surface area contributed by atoms with Crippen LogP contribution in [0.2, 0.25) is 0 Å². The fraction of sp³-hybridized carbons (Fsp3) is 1.00. The third kappa shape index (κ3) is 3.45. The van der Waals surface area contributed by atoms with E-state index in [9.17, 15) is 0 Å². The lowest BCUT2D eigenvalue weighted by atomic mass is 10.1. The molecule has 0 radical (unpaired) electrons. The standard InChI is InChI=1S/C8H17NOS/c1-7(5-10-2)11-6-8-3-9-4-8/h7-9H,3-6H2,1-2H3. The van der Waals surface area contributed by atoms with Gasteiger partial charge in [0.15, 0.2) is 0 Å². The first-order valence-electron chi connectivity index (χ1n) is 4.14. The maximum absolute atomic E-state index is 5.05. The average molecular weight is 175 g/mol. The van der Waals surface area contributed by atoms with Crippen molar-refractivity contribution in [1.29, 1.82) is 0 Å². The Morgan fingerprint density at radius 3 is 2.82 bits per heavy atom. The van der Waals surface area contributed by atoms with E-state index in [4.69, 9.17) is 4.74 Å². The van der Waals surface area contributed by atoms with Gasteiger partial charge in [-0.15, -0.1) is 0 Å². The molecule has 1 heterocycles. The molecule has 1 saturated heterocycles. The molecule has 1 atom stereocenters. The van der Waals surface area contributed by atoms with Gasteiger partial charge >= 0.3 is 0 Å². The number of ether oxygens (including phenoxy) is 1. The second-order valence-electron chi connectivity index (χ2n) is 3.12. The second kappa shape index (κ2) is 5.01. The highest BCUT2D eigenvalue weighted by Crippen LogP contribution is 2.17. The van der Waals surface area contributed by atoms with Gasteiger partial charge in [-0.1, -0.05) is 6.92 Å². The van der Waals surface area contributed by atoms with E-state index in [2.05, 4.69) is 12.2 Å². The summed E-state index contributed by atoms with van der Waals surface area (Å²) in [5.41, 5.74) is 0. The van der Waals surface area contributed by atoms with Gasteiger partial charge in [0.2, 0.25) is 0 Å². The topological polar surface area (TPSA) is 21.3 Å². The number of hydrogen-bond acceptors (Lipinski definition) is 3. The van der Waals surface area contributed by atoms with Crippen LogP contribution < -0.4 is 5.32 Å². The third-order valence-electron chi connectivity index (χ3n) is 1.88. The predicted molar refractivity (Wildman–Crippen MR) is 50.2 cm³/mol. The maximum atomic E-state index is 5.05. The monoisotopic (exact) mass is 175 g/mol. The summed E-state index contributed by atoms with van der Waals surface area (Å²) in [5, 5.41) is 3.93. The normalized spacial score (nSPS) is 21.3. The van der Waals surface area contributed by atoms with Crippen molar-refractivity contribution in [3.63, 3.8) is 0 Å². The first kappa shape index (κ1) is 9.36. The van der Waals surface area contributed by atoms with Crippen LogP contribution >= 0.6 is 11.8 Å². The first-order valence-corrected chi connectivity index (χ1v) is 5.19. The molecule has 0 bridgehead atoms. The van der Waals surface area contributed by atoms with E-state index in [1.807, 2.05) is 11.8 Å². The molecule has 0 spiro atoms. The van der Waals surface area contributed by atoms with Gasteiger partial charge in [-0.25, -0.2) is 0 Å². The number of thioether (sulfide) groups is 1. The molecule has 1 rings (SSSR count). The molecule has 1 fully saturated rings. The molecule has 0 aromatic rings. The Morgan fingerprint density at radius 2 is 2.36 bits per heavy atom. The summed E-state index contributed by atoms with van der Waals surface area (Å²) in [6.45, 7) is 5.53. The van der Waals surface area contributed by atoms with Crippen LogP contribution in [0.15, 0.2) is 0 Å². The Bertz CT molecular complexity index is 106. The molecule has 0 aliphatic carbocycles. The van der Waals surface area contributed by atoms with Gasteiger partial charge in [-0.2, -0.15) is 11.8 Å². The van der Waals surface area contributed by atoms with Gasteiger partial charge in [0.05, 0.1) is 6.61 Å². The second-order valence-corrected chi connectivity index (χ2v) is 4.59. The molecule has 0 amide bonds. The Morgan fingerprint density at radius 1 is 1.64 bits per heavy atom. The zero-order valence-corrected chi connectivity index (χ0v) is 8.12. The number of nitrogens with one attached hydrogen (secondary N) is 1. The van der Waals surface area contributed by atoms with E-state index in [0.717, 1.165) is 12.5 Å². The predicted octanol–water partition coefficient (Wildman–Crippen LogP) is 0.974. The van der Waals surface area contributed by atoms with Crippen molar-refractivity contribution in [3.8, 4) is 0 Å². The SMILES string of the molecule is COCC(C)SCC1CNC1. The van der Waals surface area contributed by atoms with Crippen molar-refractivity contribution < 1.29 is 4.74 Å².